The number of fused-ring (bicyclic) bond motifs is 1. The molecule has 0 atom stereocenters. The van der Waals surface area contributed by atoms with Gasteiger partial charge in [0.15, 0.2) is 5.78 Å². The number of ketones is 1. The number of carbonyl (C=O) groups excluding carboxylic acids is 2. The Hall–Kier alpha value is -2.62. The summed E-state index contributed by atoms with van der Waals surface area (Å²) >= 11 is 0. The van der Waals surface area contributed by atoms with Crippen LogP contribution in [0, 0.1) is 0 Å². The molecule has 22 heavy (non-hydrogen) atoms. The first-order valence-corrected chi connectivity index (χ1v) is 7.25. The molecule has 0 spiro atoms. The van der Waals surface area contributed by atoms with E-state index in [4.69, 9.17) is 4.74 Å². The topological polar surface area (TPSA) is 46.6 Å². The molecule has 1 heterocycles. The lowest BCUT2D eigenvalue weighted by Gasteiger charge is -2.23. The molecule has 0 radical (unpaired) electrons. The van der Waals surface area contributed by atoms with Gasteiger partial charge in [-0.15, -0.1) is 0 Å². The molecule has 0 saturated heterocycles. The third kappa shape index (κ3) is 2.60. The van der Waals surface area contributed by atoms with Crippen LogP contribution >= 0.6 is 0 Å². The Morgan fingerprint density at radius 2 is 1.73 bits per heavy atom. The first-order valence-electron chi connectivity index (χ1n) is 7.25. The lowest BCUT2D eigenvalue weighted by Crippen LogP contribution is -2.29. The van der Waals surface area contributed by atoms with E-state index in [9.17, 15) is 9.59 Å². The zero-order valence-corrected chi connectivity index (χ0v) is 12.4. The standard InChI is InChI=1S/C18H17NO3/c1-22-17-9-5-2-6-13(17)12-19-15-8-4-3-7-14(15)16(20)10-11-18(19)21/h2-9H,10-12H2,1H3. The van der Waals surface area contributed by atoms with E-state index in [1.54, 1.807) is 18.1 Å². The van der Waals surface area contributed by atoms with Gasteiger partial charge in [0.1, 0.15) is 5.75 Å². The van der Waals surface area contributed by atoms with Crippen molar-refractivity contribution in [3.8, 4) is 5.75 Å². The fraction of sp³-hybridized carbons (Fsp3) is 0.222. The molecular weight excluding hydrogens is 278 g/mol. The average Bonchev–Trinajstić information content (AvgIpc) is 2.68. The zero-order valence-electron chi connectivity index (χ0n) is 12.4. The molecule has 1 aliphatic rings. The molecule has 4 heteroatoms. The number of anilines is 1. The van der Waals surface area contributed by atoms with Crippen molar-refractivity contribution >= 4 is 17.4 Å². The highest BCUT2D eigenvalue weighted by Gasteiger charge is 2.26. The molecule has 0 unspecified atom stereocenters. The maximum absolute atomic E-state index is 12.5. The Kier molecular flexibility index (Phi) is 3.92. The number of carbonyl (C=O) groups is 2. The first kappa shape index (κ1) is 14.3. The van der Waals surface area contributed by atoms with Gasteiger partial charge in [-0.25, -0.2) is 0 Å². The van der Waals surface area contributed by atoms with Crippen LogP contribution in [0.25, 0.3) is 0 Å². The van der Waals surface area contributed by atoms with Gasteiger partial charge in [0.25, 0.3) is 0 Å². The van der Waals surface area contributed by atoms with Crippen molar-refractivity contribution in [3.63, 3.8) is 0 Å². The summed E-state index contributed by atoms with van der Waals surface area (Å²) in [5, 5.41) is 0. The number of benzene rings is 2. The van der Waals surface area contributed by atoms with Gasteiger partial charge in [-0.1, -0.05) is 30.3 Å². The van der Waals surface area contributed by atoms with Crippen molar-refractivity contribution in [1.82, 2.24) is 0 Å². The molecule has 4 nitrogen and oxygen atoms in total. The number of para-hydroxylation sites is 2. The second-order valence-electron chi connectivity index (χ2n) is 5.23. The van der Waals surface area contributed by atoms with E-state index in [1.807, 2.05) is 42.5 Å². The van der Waals surface area contributed by atoms with Gasteiger partial charge in [-0.3, -0.25) is 9.59 Å². The Balaban J connectivity index is 2.03. The van der Waals surface area contributed by atoms with Gasteiger partial charge in [-0.05, 0) is 18.2 Å². The van der Waals surface area contributed by atoms with Crippen molar-refractivity contribution < 1.29 is 14.3 Å². The van der Waals surface area contributed by atoms with Crippen LogP contribution < -0.4 is 9.64 Å². The van der Waals surface area contributed by atoms with E-state index in [0.29, 0.717) is 17.8 Å². The number of hydrogen-bond acceptors (Lipinski definition) is 3. The largest absolute Gasteiger partial charge is 0.496 e. The first-order chi connectivity index (χ1) is 10.7. The predicted octanol–water partition coefficient (Wildman–Crippen LogP) is 3.20. The van der Waals surface area contributed by atoms with Crippen molar-refractivity contribution in [2.24, 2.45) is 0 Å². The molecule has 0 fully saturated rings. The van der Waals surface area contributed by atoms with Gasteiger partial charge in [0, 0.05) is 24.0 Å². The zero-order chi connectivity index (χ0) is 15.5. The smallest absolute Gasteiger partial charge is 0.227 e. The van der Waals surface area contributed by atoms with Crippen LogP contribution in [-0.2, 0) is 11.3 Å². The van der Waals surface area contributed by atoms with Crippen LogP contribution in [0.2, 0.25) is 0 Å². The van der Waals surface area contributed by atoms with Crippen LogP contribution in [0.4, 0.5) is 5.69 Å². The Bertz CT molecular complexity index is 724. The number of nitrogens with zero attached hydrogens (tertiary/aromatic N) is 1. The van der Waals surface area contributed by atoms with E-state index in [0.717, 1.165) is 11.3 Å². The molecule has 1 aliphatic heterocycles. The predicted molar refractivity (Wildman–Crippen MR) is 84.2 cm³/mol. The molecule has 0 aliphatic carbocycles. The number of ether oxygens (including phenoxy) is 1. The number of amides is 1. The molecular formula is C18H17NO3. The maximum Gasteiger partial charge on any atom is 0.227 e. The summed E-state index contributed by atoms with van der Waals surface area (Å²) < 4.78 is 5.36. The second-order valence-corrected chi connectivity index (χ2v) is 5.23. The van der Waals surface area contributed by atoms with Crippen molar-refractivity contribution in [2.45, 2.75) is 19.4 Å². The van der Waals surface area contributed by atoms with Crippen LogP contribution in [0.5, 0.6) is 5.75 Å². The number of rotatable bonds is 3. The van der Waals surface area contributed by atoms with Crippen molar-refractivity contribution in [1.29, 1.82) is 0 Å². The van der Waals surface area contributed by atoms with Gasteiger partial charge in [-0.2, -0.15) is 0 Å². The van der Waals surface area contributed by atoms with Crippen LogP contribution in [0.15, 0.2) is 48.5 Å². The molecule has 0 aromatic heterocycles. The number of hydrogen-bond donors (Lipinski definition) is 0. The number of methoxy groups -OCH3 is 1. The van der Waals surface area contributed by atoms with Crippen LogP contribution in [-0.4, -0.2) is 18.8 Å². The van der Waals surface area contributed by atoms with Crippen LogP contribution in [0.3, 0.4) is 0 Å². The molecule has 112 valence electrons. The summed E-state index contributed by atoms with van der Waals surface area (Å²) in [6.45, 7) is 0.396. The Morgan fingerprint density at radius 3 is 2.55 bits per heavy atom. The maximum atomic E-state index is 12.5. The van der Waals surface area contributed by atoms with Crippen LogP contribution in [0.1, 0.15) is 28.8 Å². The number of Topliss-reactive ketones (excluding diaryl/α,β-unsaturated/α-hetero) is 1. The van der Waals surface area contributed by atoms with E-state index in [1.165, 1.54) is 0 Å². The highest BCUT2D eigenvalue weighted by atomic mass is 16.5. The highest BCUT2D eigenvalue weighted by molar-refractivity contribution is 6.09. The minimum Gasteiger partial charge on any atom is -0.496 e. The molecule has 0 bridgehead atoms. The summed E-state index contributed by atoms with van der Waals surface area (Å²) in [5.41, 5.74) is 2.21. The molecule has 1 amide bonds. The van der Waals surface area contributed by atoms with Crippen molar-refractivity contribution in [3.05, 3.63) is 59.7 Å². The summed E-state index contributed by atoms with van der Waals surface area (Å²) in [4.78, 5) is 26.3. The minimum atomic E-state index is -0.0378. The normalized spacial score (nSPS) is 14.5. The van der Waals surface area contributed by atoms with E-state index >= 15 is 0 Å². The van der Waals surface area contributed by atoms with Gasteiger partial charge >= 0.3 is 0 Å². The van der Waals surface area contributed by atoms with E-state index in [-0.39, 0.29) is 24.5 Å². The van der Waals surface area contributed by atoms with Gasteiger partial charge < -0.3 is 9.64 Å². The van der Waals surface area contributed by atoms with Crippen molar-refractivity contribution in [2.75, 3.05) is 12.0 Å². The van der Waals surface area contributed by atoms with Gasteiger partial charge in [0.05, 0.1) is 19.3 Å². The average molecular weight is 295 g/mol. The Labute approximate surface area is 129 Å². The SMILES string of the molecule is COc1ccccc1CN1C(=O)CCC(=O)c2ccccc21. The fourth-order valence-electron chi connectivity index (χ4n) is 2.75. The molecule has 0 N–H and O–H groups in total. The summed E-state index contributed by atoms with van der Waals surface area (Å²) in [6.07, 6.45) is 0.501. The second kappa shape index (κ2) is 6.02. The summed E-state index contributed by atoms with van der Waals surface area (Å²) in [7, 11) is 1.61. The third-order valence-electron chi connectivity index (χ3n) is 3.88. The van der Waals surface area contributed by atoms with E-state index < -0.39 is 0 Å². The molecule has 2 aromatic rings. The fourth-order valence-corrected chi connectivity index (χ4v) is 2.75. The quantitative estimate of drug-likeness (QED) is 0.873. The molecule has 2 aromatic carbocycles. The molecule has 0 saturated carbocycles. The third-order valence-corrected chi connectivity index (χ3v) is 3.88. The highest BCUT2D eigenvalue weighted by Crippen LogP contribution is 2.30. The minimum absolute atomic E-state index is 0.0199. The summed E-state index contributed by atoms with van der Waals surface area (Å²) in [6, 6.07) is 14.9. The summed E-state index contributed by atoms with van der Waals surface area (Å²) in [5.74, 6) is 0.721. The monoisotopic (exact) mass is 295 g/mol. The Morgan fingerprint density at radius 1 is 1.00 bits per heavy atom. The lowest BCUT2D eigenvalue weighted by molar-refractivity contribution is -0.118. The molecule has 3 rings (SSSR count). The van der Waals surface area contributed by atoms with Gasteiger partial charge in [0.2, 0.25) is 5.91 Å². The lowest BCUT2D eigenvalue weighted by atomic mass is 10.1. The van der Waals surface area contributed by atoms with E-state index in [2.05, 4.69) is 0 Å².